The van der Waals surface area contributed by atoms with Gasteiger partial charge in [0.15, 0.2) is 6.29 Å². The summed E-state index contributed by atoms with van der Waals surface area (Å²) < 4.78 is 10.7. The second-order valence-electron chi connectivity index (χ2n) is 2.52. The Balaban J connectivity index is 0.000001000. The molecule has 1 atom stereocenters. The molecule has 1 rings (SSSR count). The number of ether oxygens (including phenoxy) is 2. The van der Waals surface area contributed by atoms with Gasteiger partial charge in [-0.1, -0.05) is 0 Å². The molecule has 0 amide bonds. The number of hydrogen-bond donors (Lipinski definition) is 0. The summed E-state index contributed by atoms with van der Waals surface area (Å²) in [5.74, 6) is 0. The summed E-state index contributed by atoms with van der Waals surface area (Å²) in [5, 5.41) is 0. The van der Waals surface area contributed by atoms with Crippen molar-refractivity contribution in [3.63, 3.8) is 0 Å². The second-order valence-corrected chi connectivity index (χ2v) is 2.52. The first-order chi connectivity index (χ1) is 4.93. The van der Waals surface area contributed by atoms with Crippen molar-refractivity contribution in [1.29, 1.82) is 0 Å². The Kier molecular flexibility index (Phi) is 7.52. The van der Waals surface area contributed by atoms with Gasteiger partial charge in [0.2, 0.25) is 0 Å². The number of hydrogen-bond acceptors (Lipinski definition) is 2. The van der Waals surface area contributed by atoms with E-state index in [1.807, 2.05) is 0 Å². The van der Waals surface area contributed by atoms with Crippen LogP contribution in [0.4, 0.5) is 0 Å². The molecule has 1 unspecified atom stereocenters. The standard InChI is InChI=1S/C8H15O2.Li/c1-2-6-9-8-5-3-4-7-10-8;/h8H,1-7H2;/q-1;+1. The molecule has 1 saturated heterocycles. The van der Waals surface area contributed by atoms with Crippen molar-refractivity contribution < 1.29 is 28.3 Å². The van der Waals surface area contributed by atoms with Gasteiger partial charge >= 0.3 is 18.9 Å². The maximum Gasteiger partial charge on any atom is 1.00 e. The molecule has 0 saturated carbocycles. The molecule has 1 fully saturated rings. The smallest absolute Gasteiger partial charge is 0.355 e. The van der Waals surface area contributed by atoms with E-state index in [4.69, 9.17) is 9.47 Å². The molecule has 60 valence electrons. The van der Waals surface area contributed by atoms with E-state index in [2.05, 4.69) is 6.92 Å². The van der Waals surface area contributed by atoms with Crippen molar-refractivity contribution in [2.24, 2.45) is 0 Å². The van der Waals surface area contributed by atoms with E-state index in [1.54, 1.807) is 0 Å². The predicted octanol–water partition coefficient (Wildman–Crippen LogP) is -1.24. The van der Waals surface area contributed by atoms with Gasteiger partial charge in [-0.25, -0.2) is 0 Å². The molecule has 0 spiro atoms. The zero-order valence-electron chi connectivity index (χ0n) is 7.34. The first-order valence-corrected chi connectivity index (χ1v) is 3.96. The fourth-order valence-corrected chi connectivity index (χ4v) is 1.06. The van der Waals surface area contributed by atoms with Gasteiger partial charge in [-0.15, -0.1) is 0 Å². The van der Waals surface area contributed by atoms with E-state index in [0.29, 0.717) is 0 Å². The Morgan fingerprint density at radius 2 is 2.27 bits per heavy atom. The minimum absolute atomic E-state index is 0. The Morgan fingerprint density at radius 1 is 1.45 bits per heavy atom. The van der Waals surface area contributed by atoms with Crippen LogP contribution in [0.5, 0.6) is 0 Å². The predicted molar refractivity (Wildman–Crippen MR) is 39.5 cm³/mol. The fourth-order valence-electron chi connectivity index (χ4n) is 1.06. The van der Waals surface area contributed by atoms with Gasteiger partial charge < -0.3 is 16.4 Å². The molecule has 11 heavy (non-hydrogen) atoms. The molecule has 0 bridgehead atoms. The van der Waals surface area contributed by atoms with E-state index in [0.717, 1.165) is 26.1 Å². The summed E-state index contributed by atoms with van der Waals surface area (Å²) in [6.07, 6.45) is 4.38. The summed E-state index contributed by atoms with van der Waals surface area (Å²) in [6.45, 7) is 5.28. The van der Waals surface area contributed by atoms with Crippen molar-refractivity contribution in [2.45, 2.75) is 32.0 Å². The maximum atomic E-state index is 5.35. The van der Waals surface area contributed by atoms with E-state index < -0.39 is 0 Å². The topological polar surface area (TPSA) is 18.5 Å². The van der Waals surface area contributed by atoms with E-state index >= 15 is 0 Å². The Bertz CT molecular complexity index is 82.2. The SMILES string of the molecule is [CH2-]CCOC1CCCCO1.[Li+]. The molecule has 2 nitrogen and oxygen atoms in total. The molecule has 0 aromatic rings. The quantitative estimate of drug-likeness (QED) is 0.370. The molecule has 1 heterocycles. The van der Waals surface area contributed by atoms with Crippen LogP contribution in [0.3, 0.4) is 0 Å². The Morgan fingerprint density at radius 3 is 2.82 bits per heavy atom. The zero-order chi connectivity index (χ0) is 7.23. The first-order valence-electron chi connectivity index (χ1n) is 3.96. The second kappa shape index (κ2) is 7.18. The minimum atomic E-state index is 0. The van der Waals surface area contributed by atoms with Crippen LogP contribution in [0, 0.1) is 6.92 Å². The monoisotopic (exact) mass is 150 g/mol. The van der Waals surface area contributed by atoms with Gasteiger partial charge in [0.05, 0.1) is 0 Å². The summed E-state index contributed by atoms with van der Waals surface area (Å²) in [5.41, 5.74) is 0. The van der Waals surface area contributed by atoms with E-state index in [1.165, 1.54) is 12.8 Å². The molecular weight excluding hydrogens is 135 g/mol. The van der Waals surface area contributed by atoms with Gasteiger partial charge in [0.1, 0.15) is 0 Å². The molecule has 1 aliphatic rings. The van der Waals surface area contributed by atoms with Crippen LogP contribution < -0.4 is 18.9 Å². The molecule has 0 aromatic heterocycles. The fraction of sp³-hybridized carbons (Fsp3) is 0.875. The summed E-state index contributed by atoms with van der Waals surface area (Å²) >= 11 is 0. The largest absolute Gasteiger partial charge is 1.00 e. The van der Waals surface area contributed by atoms with Crippen LogP contribution in [-0.2, 0) is 9.47 Å². The molecular formula is C8H15LiO2. The average molecular weight is 150 g/mol. The molecule has 0 aromatic carbocycles. The third kappa shape index (κ3) is 4.87. The van der Waals surface area contributed by atoms with Gasteiger partial charge in [0.25, 0.3) is 0 Å². The van der Waals surface area contributed by atoms with Crippen LogP contribution in [0.2, 0.25) is 0 Å². The van der Waals surface area contributed by atoms with Gasteiger partial charge in [-0.2, -0.15) is 6.42 Å². The zero-order valence-corrected chi connectivity index (χ0v) is 7.34. The van der Waals surface area contributed by atoms with Crippen molar-refractivity contribution in [1.82, 2.24) is 0 Å². The molecule has 0 N–H and O–H groups in total. The summed E-state index contributed by atoms with van der Waals surface area (Å²) in [4.78, 5) is 0. The molecule has 1 aliphatic heterocycles. The number of rotatable bonds is 3. The minimum Gasteiger partial charge on any atom is -0.355 e. The van der Waals surface area contributed by atoms with Gasteiger partial charge in [0, 0.05) is 13.2 Å². The maximum absolute atomic E-state index is 5.35. The van der Waals surface area contributed by atoms with Gasteiger partial charge in [-0.3, -0.25) is 0 Å². The van der Waals surface area contributed by atoms with Crippen LogP contribution >= 0.6 is 0 Å². The summed E-state index contributed by atoms with van der Waals surface area (Å²) in [6, 6.07) is 0. The average Bonchev–Trinajstić information content (AvgIpc) is 2.03. The first kappa shape index (κ1) is 11.5. The third-order valence-corrected chi connectivity index (χ3v) is 1.59. The summed E-state index contributed by atoms with van der Waals surface area (Å²) in [7, 11) is 0. The molecule has 0 aliphatic carbocycles. The van der Waals surface area contributed by atoms with E-state index in [-0.39, 0.29) is 25.2 Å². The Labute approximate surface area is 80.8 Å². The van der Waals surface area contributed by atoms with Gasteiger partial charge in [-0.05, 0) is 19.3 Å². The van der Waals surface area contributed by atoms with Crippen molar-refractivity contribution >= 4 is 0 Å². The van der Waals surface area contributed by atoms with E-state index in [9.17, 15) is 0 Å². The normalized spacial score (nSPS) is 24.3. The molecule has 0 radical (unpaired) electrons. The third-order valence-electron chi connectivity index (χ3n) is 1.59. The van der Waals surface area contributed by atoms with Crippen LogP contribution in [-0.4, -0.2) is 19.5 Å². The molecule has 3 heteroatoms. The van der Waals surface area contributed by atoms with Crippen LogP contribution in [0.25, 0.3) is 0 Å². The van der Waals surface area contributed by atoms with Crippen molar-refractivity contribution in [3.8, 4) is 0 Å². The van der Waals surface area contributed by atoms with Crippen LogP contribution in [0.1, 0.15) is 25.7 Å². The Hall–Kier alpha value is 0.517. The van der Waals surface area contributed by atoms with Crippen LogP contribution in [0.15, 0.2) is 0 Å². The van der Waals surface area contributed by atoms with Crippen molar-refractivity contribution in [2.75, 3.05) is 13.2 Å². The van der Waals surface area contributed by atoms with Crippen molar-refractivity contribution in [3.05, 3.63) is 6.92 Å².